The largest absolute Gasteiger partial charge is 0.310 e. The summed E-state index contributed by atoms with van der Waals surface area (Å²) in [5.74, 6) is 0. The molecule has 2 nitrogen and oxygen atoms in total. The van der Waals surface area contributed by atoms with E-state index in [2.05, 4.69) is 61.4 Å². The molecule has 112 valence electrons. The van der Waals surface area contributed by atoms with E-state index in [0.717, 1.165) is 25.1 Å². The highest BCUT2D eigenvalue weighted by atomic mass is 14.9. The molecular weight excluding hydrogens is 256 g/mol. The third kappa shape index (κ3) is 4.68. The van der Waals surface area contributed by atoms with Gasteiger partial charge in [-0.3, -0.25) is 4.98 Å². The van der Waals surface area contributed by atoms with Crippen molar-refractivity contribution in [3.8, 4) is 0 Å². The smallest absolute Gasteiger partial charge is 0.0376 e. The minimum Gasteiger partial charge on any atom is -0.310 e. The Morgan fingerprint density at radius 3 is 2.33 bits per heavy atom. The maximum Gasteiger partial charge on any atom is 0.0376 e. The van der Waals surface area contributed by atoms with Gasteiger partial charge in [0.2, 0.25) is 0 Å². The van der Waals surface area contributed by atoms with Crippen molar-refractivity contribution in [2.45, 2.75) is 46.6 Å². The molecule has 0 bridgehead atoms. The SMILES string of the molecule is CCCNC(Cc1cc(C)cc(C)c1)c1ccc(C)nc1. The van der Waals surface area contributed by atoms with Crippen LogP contribution in [0.15, 0.2) is 36.5 Å². The van der Waals surface area contributed by atoms with E-state index >= 15 is 0 Å². The molecular formula is C19H26N2. The van der Waals surface area contributed by atoms with Gasteiger partial charge < -0.3 is 5.32 Å². The predicted molar refractivity (Wildman–Crippen MR) is 89.6 cm³/mol. The number of nitrogens with one attached hydrogen (secondary N) is 1. The highest BCUT2D eigenvalue weighted by Gasteiger charge is 2.12. The van der Waals surface area contributed by atoms with Gasteiger partial charge in [-0.2, -0.15) is 0 Å². The van der Waals surface area contributed by atoms with E-state index in [-0.39, 0.29) is 0 Å². The number of hydrogen-bond acceptors (Lipinski definition) is 2. The molecule has 1 N–H and O–H groups in total. The molecule has 2 heteroatoms. The second kappa shape index (κ2) is 7.37. The average Bonchev–Trinajstić information content (AvgIpc) is 2.43. The van der Waals surface area contributed by atoms with Gasteiger partial charge in [-0.1, -0.05) is 42.3 Å². The molecule has 21 heavy (non-hydrogen) atoms. The lowest BCUT2D eigenvalue weighted by Gasteiger charge is -2.19. The van der Waals surface area contributed by atoms with Crippen LogP contribution in [0.2, 0.25) is 0 Å². The van der Waals surface area contributed by atoms with Crippen LogP contribution in [0.25, 0.3) is 0 Å². The van der Waals surface area contributed by atoms with E-state index in [4.69, 9.17) is 0 Å². The van der Waals surface area contributed by atoms with Crippen LogP contribution in [0.4, 0.5) is 0 Å². The van der Waals surface area contributed by atoms with Crippen LogP contribution in [0.5, 0.6) is 0 Å². The summed E-state index contributed by atoms with van der Waals surface area (Å²) in [4.78, 5) is 4.44. The third-order valence-corrected chi connectivity index (χ3v) is 3.70. The fourth-order valence-electron chi connectivity index (χ4n) is 2.73. The van der Waals surface area contributed by atoms with E-state index in [1.807, 2.05) is 13.1 Å². The zero-order chi connectivity index (χ0) is 15.2. The molecule has 1 unspecified atom stereocenters. The third-order valence-electron chi connectivity index (χ3n) is 3.70. The van der Waals surface area contributed by atoms with Crippen LogP contribution < -0.4 is 5.32 Å². The van der Waals surface area contributed by atoms with Crippen molar-refractivity contribution in [2.75, 3.05) is 6.54 Å². The maximum atomic E-state index is 4.44. The summed E-state index contributed by atoms with van der Waals surface area (Å²) in [6.07, 6.45) is 4.15. The molecule has 0 fully saturated rings. The summed E-state index contributed by atoms with van der Waals surface area (Å²) in [6.45, 7) is 9.59. The minimum absolute atomic E-state index is 0.333. The van der Waals surface area contributed by atoms with Gasteiger partial charge in [0.1, 0.15) is 0 Å². The first kappa shape index (κ1) is 15.7. The van der Waals surface area contributed by atoms with Gasteiger partial charge in [0, 0.05) is 17.9 Å². The van der Waals surface area contributed by atoms with Crippen molar-refractivity contribution in [2.24, 2.45) is 0 Å². The first-order valence-electron chi connectivity index (χ1n) is 7.81. The van der Waals surface area contributed by atoms with Crippen LogP contribution in [0.3, 0.4) is 0 Å². The van der Waals surface area contributed by atoms with E-state index in [1.54, 1.807) is 0 Å². The molecule has 0 amide bonds. The quantitative estimate of drug-likeness (QED) is 0.855. The monoisotopic (exact) mass is 282 g/mol. The zero-order valence-electron chi connectivity index (χ0n) is 13.6. The van der Waals surface area contributed by atoms with Crippen molar-refractivity contribution in [3.05, 3.63) is 64.5 Å². The molecule has 0 radical (unpaired) electrons. The minimum atomic E-state index is 0.333. The summed E-state index contributed by atoms with van der Waals surface area (Å²) in [7, 11) is 0. The molecule has 0 aliphatic rings. The van der Waals surface area contributed by atoms with E-state index in [0.29, 0.717) is 6.04 Å². The van der Waals surface area contributed by atoms with Gasteiger partial charge >= 0.3 is 0 Å². The summed E-state index contributed by atoms with van der Waals surface area (Å²) < 4.78 is 0. The van der Waals surface area contributed by atoms with Gasteiger partial charge in [0.25, 0.3) is 0 Å². The number of hydrogen-bond donors (Lipinski definition) is 1. The van der Waals surface area contributed by atoms with Gasteiger partial charge in [-0.25, -0.2) is 0 Å². The van der Waals surface area contributed by atoms with Gasteiger partial charge in [0.15, 0.2) is 0 Å². The Morgan fingerprint density at radius 2 is 1.76 bits per heavy atom. The summed E-state index contributed by atoms with van der Waals surface area (Å²) in [6, 6.07) is 11.4. The van der Waals surface area contributed by atoms with Crippen LogP contribution >= 0.6 is 0 Å². The molecule has 2 aromatic rings. The van der Waals surface area contributed by atoms with Crippen LogP contribution in [0, 0.1) is 20.8 Å². The van der Waals surface area contributed by atoms with Gasteiger partial charge in [-0.15, -0.1) is 0 Å². The number of pyridine rings is 1. The Morgan fingerprint density at radius 1 is 1.05 bits per heavy atom. The van der Waals surface area contributed by atoms with Crippen molar-refractivity contribution in [1.82, 2.24) is 10.3 Å². The molecule has 0 aliphatic heterocycles. The lowest BCUT2D eigenvalue weighted by atomic mass is 9.97. The molecule has 1 aromatic carbocycles. The Balaban J connectivity index is 2.21. The zero-order valence-corrected chi connectivity index (χ0v) is 13.6. The molecule has 0 saturated carbocycles. The van der Waals surface area contributed by atoms with Crippen LogP contribution in [0.1, 0.15) is 47.3 Å². The lowest BCUT2D eigenvalue weighted by Crippen LogP contribution is -2.24. The summed E-state index contributed by atoms with van der Waals surface area (Å²) >= 11 is 0. The second-order valence-electron chi connectivity index (χ2n) is 5.94. The van der Waals surface area contributed by atoms with Crippen LogP contribution in [-0.4, -0.2) is 11.5 Å². The lowest BCUT2D eigenvalue weighted by molar-refractivity contribution is 0.527. The molecule has 2 rings (SSSR count). The van der Waals surface area contributed by atoms with Crippen molar-refractivity contribution < 1.29 is 0 Å². The van der Waals surface area contributed by atoms with E-state index in [1.165, 1.54) is 22.3 Å². The summed E-state index contributed by atoms with van der Waals surface area (Å²) in [5.41, 5.74) is 6.40. The molecule has 0 spiro atoms. The maximum absolute atomic E-state index is 4.44. The fraction of sp³-hybridized carbons (Fsp3) is 0.421. The van der Waals surface area contributed by atoms with Gasteiger partial charge in [-0.05, 0) is 57.4 Å². The topological polar surface area (TPSA) is 24.9 Å². The van der Waals surface area contributed by atoms with E-state index < -0.39 is 0 Å². The Kier molecular flexibility index (Phi) is 5.51. The van der Waals surface area contributed by atoms with Crippen LogP contribution in [-0.2, 0) is 6.42 Å². The number of aryl methyl sites for hydroxylation is 3. The molecule has 0 aliphatic carbocycles. The average molecular weight is 282 g/mol. The predicted octanol–water partition coefficient (Wildman–Crippen LogP) is 4.29. The van der Waals surface area contributed by atoms with Gasteiger partial charge in [0.05, 0.1) is 0 Å². The molecule has 0 saturated heterocycles. The summed E-state index contributed by atoms with van der Waals surface area (Å²) in [5, 5.41) is 3.65. The molecule has 1 heterocycles. The Bertz CT molecular complexity index is 552. The normalized spacial score (nSPS) is 12.4. The van der Waals surface area contributed by atoms with Crippen molar-refractivity contribution in [1.29, 1.82) is 0 Å². The highest BCUT2D eigenvalue weighted by Crippen LogP contribution is 2.20. The number of nitrogens with zero attached hydrogens (tertiary/aromatic N) is 1. The Hall–Kier alpha value is -1.67. The van der Waals surface area contributed by atoms with Crippen molar-refractivity contribution >= 4 is 0 Å². The second-order valence-corrected chi connectivity index (χ2v) is 5.94. The fourth-order valence-corrected chi connectivity index (χ4v) is 2.73. The highest BCUT2D eigenvalue weighted by molar-refractivity contribution is 5.30. The van der Waals surface area contributed by atoms with E-state index in [9.17, 15) is 0 Å². The number of rotatable bonds is 6. The first-order chi connectivity index (χ1) is 10.1. The number of aromatic nitrogens is 1. The molecule has 1 aromatic heterocycles. The van der Waals surface area contributed by atoms with Crippen molar-refractivity contribution in [3.63, 3.8) is 0 Å². The standard InChI is InChI=1S/C19H26N2/c1-5-8-20-19(18-7-6-16(4)21-13-18)12-17-10-14(2)9-15(3)11-17/h6-7,9-11,13,19-20H,5,8,12H2,1-4H3. The first-order valence-corrected chi connectivity index (χ1v) is 7.81. The Labute approximate surface area is 128 Å². The number of benzene rings is 1. The molecule has 1 atom stereocenters.